The molecule has 2 atom stereocenters. The Labute approximate surface area is 49.7 Å². The predicted octanol–water partition coefficient (Wildman–Crippen LogP) is -0.208. The highest BCUT2D eigenvalue weighted by atomic mass is 15.3. The van der Waals surface area contributed by atoms with E-state index in [1.54, 1.807) is 0 Å². The largest absolute Gasteiger partial charge is 0.325 e. The summed E-state index contributed by atoms with van der Waals surface area (Å²) < 4.78 is 0. The fraction of sp³-hybridized carbons (Fsp3) is 1.00. The maximum absolute atomic E-state index is 5.72. The quantitative estimate of drug-likeness (QED) is 0.470. The van der Waals surface area contributed by atoms with Crippen LogP contribution in [-0.4, -0.2) is 30.1 Å². The van der Waals surface area contributed by atoms with Crippen molar-refractivity contribution in [3.8, 4) is 0 Å². The Morgan fingerprint density at radius 1 is 1.50 bits per heavy atom. The van der Waals surface area contributed by atoms with Crippen LogP contribution in [0.25, 0.3) is 0 Å². The molecule has 0 radical (unpaired) electrons. The molecule has 2 unspecified atom stereocenters. The Morgan fingerprint density at radius 3 is 2.88 bits per heavy atom. The van der Waals surface area contributed by atoms with Crippen LogP contribution in [-0.2, 0) is 0 Å². The first-order valence-corrected chi connectivity index (χ1v) is 3.37. The summed E-state index contributed by atoms with van der Waals surface area (Å²) in [5.74, 6) is 0. The molecule has 0 amide bonds. The SMILES string of the molecule is NC1CN2CCCC12. The zero-order chi connectivity index (χ0) is 5.56. The smallest absolute Gasteiger partial charge is 0.0326 e. The van der Waals surface area contributed by atoms with Gasteiger partial charge in [-0.15, -0.1) is 0 Å². The van der Waals surface area contributed by atoms with Gasteiger partial charge in [0.1, 0.15) is 0 Å². The third-order valence-corrected chi connectivity index (χ3v) is 2.35. The van der Waals surface area contributed by atoms with Crippen molar-refractivity contribution in [3.05, 3.63) is 0 Å². The van der Waals surface area contributed by atoms with Crippen molar-refractivity contribution in [3.63, 3.8) is 0 Å². The molecular weight excluding hydrogens is 100 g/mol. The highest BCUT2D eigenvalue weighted by Gasteiger charge is 2.38. The minimum Gasteiger partial charge on any atom is -0.325 e. The summed E-state index contributed by atoms with van der Waals surface area (Å²) in [5, 5.41) is 0. The molecule has 0 aromatic rings. The van der Waals surface area contributed by atoms with Gasteiger partial charge in [-0.25, -0.2) is 0 Å². The number of fused-ring (bicyclic) bond motifs is 1. The first-order valence-electron chi connectivity index (χ1n) is 3.37. The molecule has 2 rings (SSSR count). The average Bonchev–Trinajstić information content (AvgIpc) is 2.09. The van der Waals surface area contributed by atoms with E-state index in [4.69, 9.17) is 5.73 Å². The first-order chi connectivity index (χ1) is 3.88. The lowest BCUT2D eigenvalue weighted by molar-refractivity contribution is 0.108. The van der Waals surface area contributed by atoms with Gasteiger partial charge >= 0.3 is 0 Å². The second kappa shape index (κ2) is 1.45. The normalized spacial score (nSPS) is 46.1. The van der Waals surface area contributed by atoms with Crippen LogP contribution in [0.4, 0.5) is 0 Å². The highest BCUT2D eigenvalue weighted by Crippen LogP contribution is 2.27. The van der Waals surface area contributed by atoms with Gasteiger partial charge < -0.3 is 5.73 Å². The topological polar surface area (TPSA) is 29.3 Å². The molecule has 0 aromatic carbocycles. The second-order valence-corrected chi connectivity index (χ2v) is 2.87. The fourth-order valence-corrected chi connectivity index (χ4v) is 1.82. The van der Waals surface area contributed by atoms with Crippen molar-refractivity contribution in [2.45, 2.75) is 24.9 Å². The van der Waals surface area contributed by atoms with Crippen molar-refractivity contribution in [2.24, 2.45) is 5.73 Å². The lowest BCUT2D eigenvalue weighted by Crippen LogP contribution is -2.60. The van der Waals surface area contributed by atoms with Gasteiger partial charge in [0.05, 0.1) is 0 Å². The number of nitrogens with zero attached hydrogens (tertiary/aromatic N) is 1. The Morgan fingerprint density at radius 2 is 2.38 bits per heavy atom. The second-order valence-electron chi connectivity index (χ2n) is 2.87. The van der Waals surface area contributed by atoms with Crippen LogP contribution in [0.2, 0.25) is 0 Å². The molecule has 2 aliphatic rings. The van der Waals surface area contributed by atoms with Crippen LogP contribution in [0.1, 0.15) is 12.8 Å². The van der Waals surface area contributed by atoms with E-state index in [0.717, 1.165) is 12.6 Å². The van der Waals surface area contributed by atoms with E-state index in [-0.39, 0.29) is 0 Å². The van der Waals surface area contributed by atoms with Gasteiger partial charge in [0.15, 0.2) is 0 Å². The van der Waals surface area contributed by atoms with Crippen molar-refractivity contribution in [1.82, 2.24) is 4.90 Å². The van der Waals surface area contributed by atoms with Gasteiger partial charge in [0.2, 0.25) is 0 Å². The number of nitrogens with two attached hydrogens (primary N) is 1. The predicted molar refractivity (Wildman–Crippen MR) is 32.6 cm³/mol. The molecular formula is C6H12N2. The van der Waals surface area contributed by atoms with E-state index in [1.165, 1.54) is 19.4 Å². The van der Waals surface area contributed by atoms with Crippen LogP contribution in [0.3, 0.4) is 0 Å². The molecule has 2 fully saturated rings. The van der Waals surface area contributed by atoms with Crippen LogP contribution in [0.5, 0.6) is 0 Å². The maximum Gasteiger partial charge on any atom is 0.0326 e. The molecule has 0 aliphatic carbocycles. The molecule has 2 heteroatoms. The molecule has 2 nitrogen and oxygen atoms in total. The molecule has 2 saturated heterocycles. The van der Waals surface area contributed by atoms with Gasteiger partial charge in [0, 0.05) is 18.6 Å². The van der Waals surface area contributed by atoms with E-state index in [1.807, 2.05) is 0 Å². The molecule has 8 heavy (non-hydrogen) atoms. The third kappa shape index (κ3) is 0.446. The maximum atomic E-state index is 5.72. The molecule has 46 valence electrons. The van der Waals surface area contributed by atoms with Crippen molar-refractivity contribution >= 4 is 0 Å². The van der Waals surface area contributed by atoms with E-state index in [0.29, 0.717) is 6.04 Å². The van der Waals surface area contributed by atoms with Crippen LogP contribution in [0.15, 0.2) is 0 Å². The van der Waals surface area contributed by atoms with Gasteiger partial charge in [0.25, 0.3) is 0 Å². The van der Waals surface area contributed by atoms with E-state index in [2.05, 4.69) is 4.90 Å². The zero-order valence-corrected chi connectivity index (χ0v) is 5.01. The minimum absolute atomic E-state index is 0.512. The van der Waals surface area contributed by atoms with Crippen molar-refractivity contribution in [1.29, 1.82) is 0 Å². The van der Waals surface area contributed by atoms with E-state index in [9.17, 15) is 0 Å². The Kier molecular flexibility index (Phi) is 0.866. The van der Waals surface area contributed by atoms with Gasteiger partial charge in [-0.2, -0.15) is 0 Å². The lowest BCUT2D eigenvalue weighted by atomic mass is 9.99. The number of hydrogen-bond donors (Lipinski definition) is 1. The van der Waals surface area contributed by atoms with Gasteiger partial charge in [-0.05, 0) is 19.4 Å². The van der Waals surface area contributed by atoms with Gasteiger partial charge in [-0.3, -0.25) is 4.90 Å². The summed E-state index contributed by atoms with van der Waals surface area (Å²) in [6, 6.07) is 1.28. The molecule has 0 spiro atoms. The van der Waals surface area contributed by atoms with E-state index >= 15 is 0 Å². The van der Waals surface area contributed by atoms with Crippen LogP contribution < -0.4 is 5.73 Å². The molecule has 2 aliphatic heterocycles. The third-order valence-electron chi connectivity index (χ3n) is 2.35. The standard InChI is InChI=1S/C6H12N2/c7-5-4-8-3-1-2-6(5)8/h5-6H,1-4,7H2. The molecule has 0 aromatic heterocycles. The zero-order valence-electron chi connectivity index (χ0n) is 5.01. The Balaban J connectivity index is 2.02. The first kappa shape index (κ1) is 4.77. The Hall–Kier alpha value is -0.0800. The number of rotatable bonds is 0. The molecule has 0 saturated carbocycles. The fourth-order valence-electron chi connectivity index (χ4n) is 1.82. The van der Waals surface area contributed by atoms with Crippen LogP contribution in [0, 0.1) is 0 Å². The minimum atomic E-state index is 0.512. The summed E-state index contributed by atoms with van der Waals surface area (Å²) in [6.45, 7) is 2.46. The highest BCUT2D eigenvalue weighted by molar-refractivity contribution is 4.98. The summed E-state index contributed by atoms with van der Waals surface area (Å²) in [4.78, 5) is 2.48. The van der Waals surface area contributed by atoms with Gasteiger partial charge in [-0.1, -0.05) is 0 Å². The summed E-state index contributed by atoms with van der Waals surface area (Å²) >= 11 is 0. The number of hydrogen-bond acceptors (Lipinski definition) is 2. The lowest BCUT2D eigenvalue weighted by Gasteiger charge is -2.41. The monoisotopic (exact) mass is 112 g/mol. The van der Waals surface area contributed by atoms with Crippen LogP contribution >= 0.6 is 0 Å². The van der Waals surface area contributed by atoms with Crippen molar-refractivity contribution < 1.29 is 0 Å². The average molecular weight is 112 g/mol. The summed E-state index contributed by atoms with van der Waals surface area (Å²) in [6.07, 6.45) is 2.72. The van der Waals surface area contributed by atoms with E-state index < -0.39 is 0 Å². The molecule has 0 bridgehead atoms. The molecule has 2 N–H and O–H groups in total. The Bertz CT molecular complexity index is 103. The van der Waals surface area contributed by atoms with Crippen molar-refractivity contribution in [2.75, 3.05) is 13.1 Å². The summed E-state index contributed by atoms with van der Waals surface area (Å²) in [5.41, 5.74) is 5.72. The molecule has 2 heterocycles. The summed E-state index contributed by atoms with van der Waals surface area (Å²) in [7, 11) is 0.